The summed E-state index contributed by atoms with van der Waals surface area (Å²) in [5.41, 5.74) is 3.69. The topological polar surface area (TPSA) is 62.3 Å². The SMILES string of the molecule is CC1=C2N(C)C(=O)CC[C@]2(C)[C@@H]2CC[C@]3(C)C(C(=O)Nc4ccncc4)CC[C@H]3[C@@H]2C1. The molecule has 1 aromatic heterocycles. The molecule has 166 valence electrons. The predicted molar refractivity (Wildman–Crippen MR) is 121 cm³/mol. The lowest BCUT2D eigenvalue weighted by Gasteiger charge is -2.59. The van der Waals surface area contributed by atoms with Crippen LogP contribution in [-0.2, 0) is 9.59 Å². The zero-order chi connectivity index (χ0) is 22.0. The molecule has 5 heteroatoms. The van der Waals surface area contributed by atoms with Gasteiger partial charge >= 0.3 is 0 Å². The number of aromatic nitrogens is 1. The first-order chi connectivity index (χ1) is 14.8. The van der Waals surface area contributed by atoms with Crippen molar-refractivity contribution in [3.8, 4) is 0 Å². The Kier molecular flexibility index (Phi) is 4.80. The van der Waals surface area contributed by atoms with Gasteiger partial charge in [-0.1, -0.05) is 19.4 Å². The zero-order valence-corrected chi connectivity index (χ0v) is 19.3. The Morgan fingerprint density at radius 1 is 1.13 bits per heavy atom. The van der Waals surface area contributed by atoms with Crippen molar-refractivity contribution >= 4 is 17.5 Å². The Morgan fingerprint density at radius 3 is 2.61 bits per heavy atom. The maximum absolute atomic E-state index is 13.3. The molecule has 0 aromatic carbocycles. The van der Waals surface area contributed by atoms with Crippen LogP contribution in [0.4, 0.5) is 5.69 Å². The summed E-state index contributed by atoms with van der Waals surface area (Å²) in [5.74, 6) is 2.32. The first-order valence-corrected chi connectivity index (χ1v) is 11.9. The van der Waals surface area contributed by atoms with Crippen LogP contribution in [0, 0.1) is 34.5 Å². The fourth-order valence-corrected chi connectivity index (χ4v) is 8.20. The minimum atomic E-state index is 0.0583. The number of hydrogen-bond donors (Lipinski definition) is 1. The molecule has 5 rings (SSSR count). The van der Waals surface area contributed by atoms with Crippen molar-refractivity contribution < 1.29 is 9.59 Å². The maximum atomic E-state index is 13.3. The van der Waals surface area contributed by atoms with Crippen molar-refractivity contribution in [2.75, 3.05) is 12.4 Å². The lowest BCUT2D eigenvalue weighted by Crippen LogP contribution is -2.54. The molecule has 1 unspecified atom stereocenters. The van der Waals surface area contributed by atoms with Gasteiger partial charge < -0.3 is 10.2 Å². The average Bonchev–Trinajstić information content (AvgIpc) is 3.09. The third kappa shape index (κ3) is 2.99. The number of nitrogens with one attached hydrogen (secondary N) is 1. The van der Waals surface area contributed by atoms with E-state index >= 15 is 0 Å². The van der Waals surface area contributed by atoms with Crippen molar-refractivity contribution in [3.63, 3.8) is 0 Å². The second-order valence-electron chi connectivity index (χ2n) is 11.0. The van der Waals surface area contributed by atoms with Crippen LogP contribution in [0.5, 0.6) is 0 Å². The van der Waals surface area contributed by atoms with E-state index in [2.05, 4.69) is 31.1 Å². The summed E-state index contributed by atoms with van der Waals surface area (Å²) in [6.45, 7) is 7.04. The minimum absolute atomic E-state index is 0.0583. The van der Waals surface area contributed by atoms with E-state index in [4.69, 9.17) is 0 Å². The molecule has 1 aliphatic heterocycles. The van der Waals surface area contributed by atoms with Gasteiger partial charge in [0.2, 0.25) is 11.8 Å². The number of carbonyl (C=O) groups excluding carboxylic acids is 2. The van der Waals surface area contributed by atoms with Gasteiger partial charge in [-0.3, -0.25) is 14.6 Å². The van der Waals surface area contributed by atoms with E-state index < -0.39 is 0 Å². The van der Waals surface area contributed by atoms with Crippen molar-refractivity contribution in [2.45, 2.75) is 65.7 Å². The number of carbonyl (C=O) groups is 2. The van der Waals surface area contributed by atoms with Gasteiger partial charge in [-0.15, -0.1) is 0 Å². The van der Waals surface area contributed by atoms with Crippen LogP contribution in [0.1, 0.15) is 65.7 Å². The van der Waals surface area contributed by atoms with Crippen LogP contribution in [-0.4, -0.2) is 28.7 Å². The third-order valence-electron chi connectivity index (χ3n) is 9.57. The van der Waals surface area contributed by atoms with Crippen LogP contribution >= 0.6 is 0 Å². The highest BCUT2D eigenvalue weighted by molar-refractivity contribution is 5.93. The van der Waals surface area contributed by atoms with E-state index in [1.807, 2.05) is 24.1 Å². The number of nitrogens with zero attached hydrogens (tertiary/aromatic N) is 2. The summed E-state index contributed by atoms with van der Waals surface area (Å²) in [5, 5.41) is 3.15. The number of pyridine rings is 1. The van der Waals surface area contributed by atoms with Crippen molar-refractivity contribution in [2.24, 2.45) is 34.5 Å². The Morgan fingerprint density at radius 2 is 1.87 bits per heavy atom. The largest absolute Gasteiger partial charge is 0.326 e. The Hall–Kier alpha value is -2.17. The van der Waals surface area contributed by atoms with E-state index in [1.165, 1.54) is 11.3 Å². The third-order valence-corrected chi connectivity index (χ3v) is 9.57. The molecule has 1 aromatic rings. The van der Waals surface area contributed by atoms with Crippen LogP contribution in [0.15, 0.2) is 35.8 Å². The number of allylic oxidation sites excluding steroid dienone is 2. The summed E-state index contributed by atoms with van der Waals surface area (Å²) in [6, 6.07) is 3.73. The normalized spacial score (nSPS) is 39.6. The van der Waals surface area contributed by atoms with Gasteiger partial charge in [0.15, 0.2) is 0 Å². The smallest absolute Gasteiger partial charge is 0.228 e. The van der Waals surface area contributed by atoms with Crippen LogP contribution in [0.3, 0.4) is 0 Å². The highest BCUT2D eigenvalue weighted by Gasteiger charge is 2.61. The quantitative estimate of drug-likeness (QED) is 0.730. The first kappa shape index (κ1) is 20.7. The molecule has 3 aliphatic carbocycles. The number of rotatable bonds is 2. The lowest BCUT2D eigenvalue weighted by molar-refractivity contribution is -0.137. The molecule has 1 saturated heterocycles. The van der Waals surface area contributed by atoms with Crippen molar-refractivity contribution in [3.05, 3.63) is 35.8 Å². The molecule has 0 spiro atoms. The summed E-state index contributed by atoms with van der Waals surface area (Å²) < 4.78 is 0. The van der Waals surface area contributed by atoms with E-state index in [0.29, 0.717) is 24.2 Å². The molecule has 6 atom stereocenters. The van der Waals surface area contributed by atoms with Crippen molar-refractivity contribution in [1.82, 2.24) is 9.88 Å². The standard InChI is InChI=1S/C26H35N3O2/c1-16-15-18-19-5-6-21(24(31)28-17-9-13-27-14-10-17)25(19,2)11-7-20(18)26(3)12-8-22(30)29(4)23(16)26/h9-10,13-14,18-21H,5-8,11-12,15H2,1-4H3,(H,27,28,31)/t18-,19-,20+,21?,25-,26+/m0/s1. The van der Waals surface area contributed by atoms with Crippen LogP contribution in [0.25, 0.3) is 0 Å². The lowest BCUT2D eigenvalue weighted by atomic mass is 9.48. The second kappa shape index (κ2) is 7.18. The van der Waals surface area contributed by atoms with Gasteiger partial charge in [-0.05, 0) is 80.8 Å². The molecule has 2 heterocycles. The van der Waals surface area contributed by atoms with Gasteiger partial charge in [0, 0.05) is 48.6 Å². The van der Waals surface area contributed by atoms with Gasteiger partial charge in [0.25, 0.3) is 0 Å². The molecule has 2 saturated carbocycles. The average molecular weight is 422 g/mol. The fourth-order valence-electron chi connectivity index (χ4n) is 8.20. The highest BCUT2D eigenvalue weighted by Crippen LogP contribution is 2.66. The number of fused-ring (bicyclic) bond motifs is 5. The predicted octanol–water partition coefficient (Wildman–Crippen LogP) is 5.02. The monoisotopic (exact) mass is 421 g/mol. The van der Waals surface area contributed by atoms with E-state index in [1.54, 1.807) is 12.4 Å². The second-order valence-corrected chi connectivity index (χ2v) is 11.0. The molecule has 5 nitrogen and oxygen atoms in total. The number of hydrogen-bond acceptors (Lipinski definition) is 3. The molecular formula is C26H35N3O2. The molecule has 2 amide bonds. The number of anilines is 1. The fraction of sp³-hybridized carbons (Fsp3) is 0.654. The van der Waals surface area contributed by atoms with E-state index in [0.717, 1.165) is 44.2 Å². The molecular weight excluding hydrogens is 386 g/mol. The Bertz CT molecular complexity index is 941. The Labute approximate surface area is 185 Å². The van der Waals surface area contributed by atoms with Crippen molar-refractivity contribution in [1.29, 1.82) is 0 Å². The molecule has 1 N–H and O–H groups in total. The zero-order valence-electron chi connectivity index (χ0n) is 19.3. The van der Waals surface area contributed by atoms with Gasteiger partial charge in [0.05, 0.1) is 0 Å². The summed E-state index contributed by atoms with van der Waals surface area (Å²) >= 11 is 0. The van der Waals surface area contributed by atoms with Gasteiger partial charge in [-0.25, -0.2) is 0 Å². The molecule has 0 bridgehead atoms. The van der Waals surface area contributed by atoms with Gasteiger partial charge in [-0.2, -0.15) is 0 Å². The summed E-state index contributed by atoms with van der Waals surface area (Å²) in [7, 11) is 1.97. The van der Waals surface area contributed by atoms with E-state index in [-0.39, 0.29) is 28.6 Å². The maximum Gasteiger partial charge on any atom is 0.228 e. The van der Waals surface area contributed by atoms with E-state index in [9.17, 15) is 9.59 Å². The Balaban J connectivity index is 1.43. The number of likely N-dealkylation sites (tertiary alicyclic amines) is 1. The number of amides is 2. The molecule has 3 fully saturated rings. The molecule has 31 heavy (non-hydrogen) atoms. The van der Waals surface area contributed by atoms with Crippen LogP contribution < -0.4 is 5.32 Å². The highest BCUT2D eigenvalue weighted by atomic mass is 16.2. The van der Waals surface area contributed by atoms with Gasteiger partial charge in [0.1, 0.15) is 0 Å². The molecule has 0 radical (unpaired) electrons. The molecule has 4 aliphatic rings. The summed E-state index contributed by atoms with van der Waals surface area (Å²) in [4.78, 5) is 31.7. The minimum Gasteiger partial charge on any atom is -0.326 e. The number of piperidine rings is 1. The summed E-state index contributed by atoms with van der Waals surface area (Å²) in [6.07, 6.45) is 10.5. The van der Waals surface area contributed by atoms with Crippen LogP contribution in [0.2, 0.25) is 0 Å². The first-order valence-electron chi connectivity index (χ1n) is 11.9.